The van der Waals surface area contributed by atoms with Crippen LogP contribution in [-0.4, -0.2) is 24.6 Å². The summed E-state index contributed by atoms with van der Waals surface area (Å²) >= 11 is 3.39. The van der Waals surface area contributed by atoms with Crippen molar-refractivity contribution in [1.29, 1.82) is 0 Å². The normalized spacial score (nSPS) is 17.6. The fourth-order valence-corrected chi connectivity index (χ4v) is 2.22. The summed E-state index contributed by atoms with van der Waals surface area (Å²) in [6, 6.07) is 7.54. The number of ether oxygens (including phenoxy) is 1. The molecule has 104 valence electrons. The van der Waals surface area contributed by atoms with Crippen LogP contribution in [0.25, 0.3) is 0 Å². The number of amides is 1. The minimum absolute atomic E-state index is 0.0691. The summed E-state index contributed by atoms with van der Waals surface area (Å²) in [6.45, 7) is 2.25. The van der Waals surface area contributed by atoms with Crippen LogP contribution in [0.5, 0.6) is 5.75 Å². The van der Waals surface area contributed by atoms with E-state index in [4.69, 9.17) is 10.5 Å². The zero-order chi connectivity index (χ0) is 13.8. The number of benzene rings is 1. The molecule has 3 N–H and O–H groups in total. The van der Waals surface area contributed by atoms with Gasteiger partial charge < -0.3 is 15.8 Å². The minimum atomic E-state index is -0.537. The van der Waals surface area contributed by atoms with Crippen molar-refractivity contribution in [3.63, 3.8) is 0 Å². The van der Waals surface area contributed by atoms with Gasteiger partial charge in [0.2, 0.25) is 0 Å². The summed E-state index contributed by atoms with van der Waals surface area (Å²) in [5.74, 6) is 1.11. The molecule has 0 radical (unpaired) electrons. The molecule has 2 unspecified atom stereocenters. The number of carbonyl (C=O) groups excluding carboxylic acids is 1. The highest BCUT2D eigenvalue weighted by atomic mass is 79.9. The molecule has 0 heterocycles. The molecule has 0 bridgehead atoms. The number of halogens is 1. The number of carbonyl (C=O) groups is 1. The van der Waals surface area contributed by atoms with Crippen molar-refractivity contribution in [3.8, 4) is 5.75 Å². The molecule has 19 heavy (non-hydrogen) atoms. The van der Waals surface area contributed by atoms with Gasteiger partial charge in [-0.2, -0.15) is 0 Å². The molecule has 1 amide bonds. The Labute approximate surface area is 121 Å². The van der Waals surface area contributed by atoms with Crippen molar-refractivity contribution in [1.82, 2.24) is 5.32 Å². The number of hydrogen-bond acceptors (Lipinski definition) is 3. The highest BCUT2D eigenvalue weighted by Crippen LogP contribution is 2.31. The first-order valence-corrected chi connectivity index (χ1v) is 7.31. The van der Waals surface area contributed by atoms with E-state index in [1.807, 2.05) is 24.3 Å². The topological polar surface area (TPSA) is 64.3 Å². The van der Waals surface area contributed by atoms with E-state index in [9.17, 15) is 4.79 Å². The van der Waals surface area contributed by atoms with Gasteiger partial charge in [-0.05, 0) is 53.7 Å². The lowest BCUT2D eigenvalue weighted by Crippen LogP contribution is -2.43. The molecule has 1 aromatic rings. The zero-order valence-corrected chi connectivity index (χ0v) is 12.5. The van der Waals surface area contributed by atoms with Crippen molar-refractivity contribution < 1.29 is 9.53 Å². The Hall–Kier alpha value is -1.07. The van der Waals surface area contributed by atoms with E-state index in [0.29, 0.717) is 18.2 Å². The average Bonchev–Trinajstić information content (AvgIpc) is 3.22. The van der Waals surface area contributed by atoms with Crippen LogP contribution in [0.15, 0.2) is 28.7 Å². The van der Waals surface area contributed by atoms with Gasteiger partial charge in [0.15, 0.2) is 6.10 Å². The van der Waals surface area contributed by atoms with E-state index >= 15 is 0 Å². The molecule has 0 aliphatic heterocycles. The second-order valence-corrected chi connectivity index (χ2v) is 5.79. The maximum atomic E-state index is 11.9. The van der Waals surface area contributed by atoms with E-state index in [-0.39, 0.29) is 11.9 Å². The summed E-state index contributed by atoms with van der Waals surface area (Å²) in [5, 5.41) is 2.84. The lowest BCUT2D eigenvalue weighted by atomic mass is 10.2. The third kappa shape index (κ3) is 4.21. The first kappa shape index (κ1) is 14.3. The fourth-order valence-electron chi connectivity index (χ4n) is 1.84. The number of nitrogens with one attached hydrogen (secondary N) is 1. The van der Waals surface area contributed by atoms with Crippen molar-refractivity contribution in [3.05, 3.63) is 28.7 Å². The van der Waals surface area contributed by atoms with Crippen molar-refractivity contribution in [2.45, 2.75) is 31.9 Å². The van der Waals surface area contributed by atoms with Crippen molar-refractivity contribution >= 4 is 21.8 Å². The number of nitrogens with two attached hydrogens (primary N) is 1. The van der Waals surface area contributed by atoms with Gasteiger partial charge in [0, 0.05) is 12.6 Å². The standard InChI is InChI=1S/C14H19BrN2O2/c1-9(19-13-5-3-2-4-11(13)15)14(18)17-8-12(16)10-6-7-10/h2-5,9-10,12H,6-8,16H2,1H3,(H,17,18). The SMILES string of the molecule is CC(Oc1ccccc1Br)C(=O)NCC(N)C1CC1. The molecular weight excluding hydrogens is 308 g/mol. The molecule has 1 aliphatic carbocycles. The largest absolute Gasteiger partial charge is 0.480 e. The Bertz CT molecular complexity index is 449. The monoisotopic (exact) mass is 326 g/mol. The molecule has 4 nitrogen and oxygen atoms in total. The van der Waals surface area contributed by atoms with E-state index < -0.39 is 6.10 Å². The van der Waals surface area contributed by atoms with Crippen molar-refractivity contribution in [2.75, 3.05) is 6.54 Å². The van der Waals surface area contributed by atoms with Gasteiger partial charge in [-0.1, -0.05) is 12.1 Å². The van der Waals surface area contributed by atoms with Gasteiger partial charge in [0.1, 0.15) is 5.75 Å². The van der Waals surface area contributed by atoms with Gasteiger partial charge in [-0.15, -0.1) is 0 Å². The molecule has 0 aromatic heterocycles. The summed E-state index contributed by atoms with van der Waals surface area (Å²) in [5.41, 5.74) is 5.94. The Morgan fingerprint density at radius 3 is 2.84 bits per heavy atom. The maximum absolute atomic E-state index is 11.9. The van der Waals surface area contributed by atoms with E-state index in [1.54, 1.807) is 6.92 Å². The van der Waals surface area contributed by atoms with Gasteiger partial charge in [0.25, 0.3) is 5.91 Å². The Morgan fingerprint density at radius 1 is 1.53 bits per heavy atom. The maximum Gasteiger partial charge on any atom is 0.260 e. The van der Waals surface area contributed by atoms with Crippen LogP contribution in [0.2, 0.25) is 0 Å². The zero-order valence-electron chi connectivity index (χ0n) is 10.9. The Balaban J connectivity index is 1.80. The minimum Gasteiger partial charge on any atom is -0.480 e. The fraction of sp³-hybridized carbons (Fsp3) is 0.500. The lowest BCUT2D eigenvalue weighted by Gasteiger charge is -2.17. The quantitative estimate of drug-likeness (QED) is 0.841. The second kappa shape index (κ2) is 6.39. The third-order valence-electron chi connectivity index (χ3n) is 3.25. The average molecular weight is 327 g/mol. The van der Waals surface area contributed by atoms with Crippen LogP contribution in [-0.2, 0) is 4.79 Å². The number of para-hydroxylation sites is 1. The predicted molar refractivity (Wildman–Crippen MR) is 77.9 cm³/mol. The molecule has 1 saturated carbocycles. The predicted octanol–water partition coefficient (Wildman–Crippen LogP) is 2.07. The van der Waals surface area contributed by atoms with E-state index in [1.165, 1.54) is 12.8 Å². The first-order valence-electron chi connectivity index (χ1n) is 6.52. The van der Waals surface area contributed by atoms with Gasteiger partial charge >= 0.3 is 0 Å². The molecule has 1 aromatic carbocycles. The second-order valence-electron chi connectivity index (χ2n) is 4.94. The Morgan fingerprint density at radius 2 is 2.21 bits per heavy atom. The summed E-state index contributed by atoms with van der Waals surface area (Å²) in [6.07, 6.45) is 1.82. The molecule has 0 spiro atoms. The van der Waals surface area contributed by atoms with E-state index in [2.05, 4.69) is 21.2 Å². The summed E-state index contributed by atoms with van der Waals surface area (Å²) < 4.78 is 6.45. The van der Waals surface area contributed by atoms with Crippen LogP contribution in [0.3, 0.4) is 0 Å². The highest BCUT2D eigenvalue weighted by Gasteiger charge is 2.29. The lowest BCUT2D eigenvalue weighted by molar-refractivity contribution is -0.127. The first-order chi connectivity index (χ1) is 9.08. The molecule has 2 rings (SSSR count). The third-order valence-corrected chi connectivity index (χ3v) is 3.90. The smallest absolute Gasteiger partial charge is 0.260 e. The van der Waals surface area contributed by atoms with Crippen LogP contribution in [0.1, 0.15) is 19.8 Å². The molecule has 1 fully saturated rings. The number of hydrogen-bond donors (Lipinski definition) is 2. The summed E-state index contributed by atoms with van der Waals surface area (Å²) in [4.78, 5) is 11.9. The van der Waals surface area contributed by atoms with Gasteiger partial charge in [-0.3, -0.25) is 4.79 Å². The number of rotatable bonds is 6. The van der Waals surface area contributed by atoms with Gasteiger partial charge in [0.05, 0.1) is 4.47 Å². The Kier molecular flexibility index (Phi) is 4.82. The summed E-state index contributed by atoms with van der Waals surface area (Å²) in [7, 11) is 0. The van der Waals surface area contributed by atoms with Gasteiger partial charge in [-0.25, -0.2) is 0 Å². The van der Waals surface area contributed by atoms with Crippen LogP contribution in [0.4, 0.5) is 0 Å². The molecular formula is C14H19BrN2O2. The van der Waals surface area contributed by atoms with Crippen LogP contribution in [0, 0.1) is 5.92 Å². The molecule has 0 saturated heterocycles. The van der Waals surface area contributed by atoms with E-state index in [0.717, 1.165) is 4.47 Å². The molecule has 5 heteroatoms. The molecule has 1 aliphatic rings. The highest BCUT2D eigenvalue weighted by molar-refractivity contribution is 9.10. The van der Waals surface area contributed by atoms with Crippen LogP contribution < -0.4 is 15.8 Å². The van der Waals surface area contributed by atoms with Crippen molar-refractivity contribution in [2.24, 2.45) is 11.7 Å². The molecule has 2 atom stereocenters. The van der Waals surface area contributed by atoms with Crippen LogP contribution >= 0.6 is 15.9 Å².